The van der Waals surface area contributed by atoms with Crippen LogP contribution in [0, 0.1) is 11.3 Å². The molecule has 1 atom stereocenters. The molecule has 3 heteroatoms. The van der Waals surface area contributed by atoms with Crippen molar-refractivity contribution in [3.8, 4) is 6.07 Å². The van der Waals surface area contributed by atoms with Crippen LogP contribution < -0.4 is 5.32 Å². The van der Waals surface area contributed by atoms with Crippen LogP contribution in [-0.2, 0) is 6.54 Å². The Bertz CT molecular complexity index is 543. The van der Waals surface area contributed by atoms with Gasteiger partial charge < -0.3 is 5.32 Å². The molecular formula is C15H15N3. The van der Waals surface area contributed by atoms with Crippen LogP contribution in [0.4, 0.5) is 0 Å². The Morgan fingerprint density at radius 2 is 2.11 bits per heavy atom. The molecule has 0 fully saturated rings. The lowest BCUT2D eigenvalue weighted by atomic mass is 10.1. The molecule has 0 saturated carbocycles. The maximum atomic E-state index is 9.01. The van der Waals surface area contributed by atoms with E-state index >= 15 is 0 Å². The van der Waals surface area contributed by atoms with Crippen LogP contribution in [0.3, 0.4) is 0 Å². The molecule has 0 aliphatic rings. The molecule has 1 aromatic heterocycles. The van der Waals surface area contributed by atoms with Gasteiger partial charge in [-0.15, -0.1) is 0 Å². The summed E-state index contributed by atoms with van der Waals surface area (Å²) in [6.45, 7) is 2.77. The number of rotatable bonds is 4. The normalized spacial score (nSPS) is 11.8. The summed E-state index contributed by atoms with van der Waals surface area (Å²) in [7, 11) is 0. The first-order valence-electron chi connectivity index (χ1n) is 5.92. The number of nitrogens with zero attached hydrogens (tertiary/aromatic N) is 2. The molecule has 0 unspecified atom stereocenters. The lowest BCUT2D eigenvalue weighted by molar-refractivity contribution is 0.572. The van der Waals surface area contributed by atoms with E-state index in [1.165, 1.54) is 0 Å². The predicted molar refractivity (Wildman–Crippen MR) is 70.6 cm³/mol. The summed E-state index contributed by atoms with van der Waals surface area (Å²) >= 11 is 0. The van der Waals surface area contributed by atoms with E-state index in [0.717, 1.165) is 16.7 Å². The van der Waals surface area contributed by atoms with Crippen LogP contribution in [0.1, 0.15) is 29.7 Å². The summed E-state index contributed by atoms with van der Waals surface area (Å²) in [5.74, 6) is 0. The molecule has 0 amide bonds. The Balaban J connectivity index is 2.02. The van der Waals surface area contributed by atoms with Gasteiger partial charge in [0.15, 0.2) is 0 Å². The third-order valence-electron chi connectivity index (χ3n) is 2.92. The highest BCUT2D eigenvalue weighted by Gasteiger charge is 2.06. The van der Waals surface area contributed by atoms with Gasteiger partial charge in [-0.2, -0.15) is 5.26 Å². The molecule has 90 valence electrons. The fraction of sp³-hybridized carbons (Fsp3) is 0.200. The number of nitriles is 1. The van der Waals surface area contributed by atoms with Crippen molar-refractivity contribution in [2.24, 2.45) is 0 Å². The first kappa shape index (κ1) is 12.3. The summed E-state index contributed by atoms with van der Waals surface area (Å²) in [6, 6.07) is 14.0. The molecule has 1 heterocycles. The molecule has 0 radical (unpaired) electrons. The van der Waals surface area contributed by atoms with Crippen molar-refractivity contribution in [2.75, 3.05) is 0 Å². The van der Waals surface area contributed by atoms with Crippen molar-refractivity contribution in [3.63, 3.8) is 0 Å². The van der Waals surface area contributed by atoms with E-state index in [0.29, 0.717) is 6.54 Å². The maximum absolute atomic E-state index is 9.01. The van der Waals surface area contributed by atoms with E-state index in [4.69, 9.17) is 5.26 Å². The minimum absolute atomic E-state index is 0.213. The van der Waals surface area contributed by atoms with Crippen LogP contribution >= 0.6 is 0 Å². The quantitative estimate of drug-likeness (QED) is 0.889. The highest BCUT2D eigenvalue weighted by atomic mass is 14.9. The van der Waals surface area contributed by atoms with E-state index in [1.54, 1.807) is 6.20 Å². The van der Waals surface area contributed by atoms with Crippen molar-refractivity contribution in [1.29, 1.82) is 5.26 Å². The second-order valence-electron chi connectivity index (χ2n) is 4.16. The van der Waals surface area contributed by atoms with Crippen LogP contribution in [0.25, 0.3) is 0 Å². The van der Waals surface area contributed by atoms with Gasteiger partial charge in [0.1, 0.15) is 0 Å². The number of nitrogens with one attached hydrogen (secondary N) is 1. The van der Waals surface area contributed by atoms with Gasteiger partial charge in [0.25, 0.3) is 0 Å². The predicted octanol–water partition coefficient (Wildman–Crippen LogP) is 2.80. The van der Waals surface area contributed by atoms with Crippen molar-refractivity contribution in [1.82, 2.24) is 10.3 Å². The van der Waals surface area contributed by atoms with Gasteiger partial charge in [-0.25, -0.2) is 0 Å². The largest absolute Gasteiger partial charge is 0.306 e. The molecule has 2 rings (SSSR count). The van der Waals surface area contributed by atoms with Gasteiger partial charge in [-0.1, -0.05) is 24.3 Å². The van der Waals surface area contributed by atoms with Crippen molar-refractivity contribution in [2.45, 2.75) is 19.5 Å². The van der Waals surface area contributed by atoms with E-state index in [2.05, 4.69) is 23.3 Å². The Hall–Kier alpha value is -2.18. The fourth-order valence-corrected chi connectivity index (χ4v) is 1.80. The highest BCUT2D eigenvalue weighted by Crippen LogP contribution is 2.12. The van der Waals surface area contributed by atoms with E-state index < -0.39 is 0 Å². The van der Waals surface area contributed by atoms with E-state index in [9.17, 15) is 0 Å². The zero-order valence-corrected chi connectivity index (χ0v) is 10.3. The standard InChI is InChI=1S/C15H15N3/c1-12(14-7-4-8-17-10-14)18-11-15-6-3-2-5-13(15)9-16/h2-8,10,12,18H,11H2,1H3/t12-/m0/s1. The Kier molecular flexibility index (Phi) is 4.06. The third kappa shape index (κ3) is 2.93. The SMILES string of the molecule is C[C@H](NCc1ccccc1C#N)c1cccnc1. The Morgan fingerprint density at radius 3 is 2.83 bits per heavy atom. The summed E-state index contributed by atoms with van der Waals surface area (Å²) in [5, 5.41) is 12.4. The van der Waals surface area contributed by atoms with Crippen molar-refractivity contribution < 1.29 is 0 Å². The second-order valence-corrected chi connectivity index (χ2v) is 4.16. The first-order valence-corrected chi connectivity index (χ1v) is 5.92. The molecule has 0 spiro atoms. The first-order chi connectivity index (χ1) is 8.81. The third-order valence-corrected chi connectivity index (χ3v) is 2.92. The number of benzene rings is 1. The van der Waals surface area contributed by atoms with Gasteiger partial charge in [0.05, 0.1) is 11.6 Å². The Labute approximate surface area is 107 Å². The number of pyridine rings is 1. The Morgan fingerprint density at radius 1 is 1.28 bits per heavy atom. The monoisotopic (exact) mass is 237 g/mol. The molecule has 0 bridgehead atoms. The number of hydrogen-bond acceptors (Lipinski definition) is 3. The minimum atomic E-state index is 0.213. The molecule has 1 aromatic carbocycles. The molecule has 2 aromatic rings. The summed E-state index contributed by atoms with van der Waals surface area (Å²) in [5.41, 5.74) is 2.89. The average Bonchev–Trinajstić information content (AvgIpc) is 2.46. The molecule has 3 nitrogen and oxygen atoms in total. The van der Waals surface area contributed by atoms with E-state index in [1.807, 2.05) is 42.6 Å². The molecule has 0 aliphatic carbocycles. The van der Waals surface area contributed by atoms with Gasteiger partial charge >= 0.3 is 0 Å². The minimum Gasteiger partial charge on any atom is -0.306 e. The maximum Gasteiger partial charge on any atom is 0.0995 e. The topological polar surface area (TPSA) is 48.7 Å². The van der Waals surface area contributed by atoms with Crippen LogP contribution in [0.15, 0.2) is 48.8 Å². The van der Waals surface area contributed by atoms with Gasteiger partial charge in [-0.05, 0) is 30.2 Å². The lowest BCUT2D eigenvalue weighted by Gasteiger charge is -2.14. The molecular weight excluding hydrogens is 222 g/mol. The van der Waals surface area contributed by atoms with E-state index in [-0.39, 0.29) is 6.04 Å². The summed E-state index contributed by atoms with van der Waals surface area (Å²) < 4.78 is 0. The molecule has 1 N–H and O–H groups in total. The molecule has 0 aliphatic heterocycles. The second kappa shape index (κ2) is 5.95. The van der Waals surface area contributed by atoms with Gasteiger partial charge in [-0.3, -0.25) is 4.98 Å². The van der Waals surface area contributed by atoms with Crippen molar-refractivity contribution >= 4 is 0 Å². The number of hydrogen-bond donors (Lipinski definition) is 1. The lowest BCUT2D eigenvalue weighted by Crippen LogP contribution is -2.18. The molecule has 18 heavy (non-hydrogen) atoms. The van der Waals surface area contributed by atoms with Crippen LogP contribution in [0.2, 0.25) is 0 Å². The summed E-state index contributed by atoms with van der Waals surface area (Å²) in [4.78, 5) is 4.10. The smallest absolute Gasteiger partial charge is 0.0995 e. The van der Waals surface area contributed by atoms with Gasteiger partial charge in [0, 0.05) is 25.0 Å². The van der Waals surface area contributed by atoms with Crippen molar-refractivity contribution in [3.05, 3.63) is 65.5 Å². The number of aromatic nitrogens is 1. The average molecular weight is 237 g/mol. The van der Waals surface area contributed by atoms with Gasteiger partial charge in [0.2, 0.25) is 0 Å². The fourth-order valence-electron chi connectivity index (χ4n) is 1.80. The summed E-state index contributed by atoms with van der Waals surface area (Å²) in [6.07, 6.45) is 3.62. The zero-order valence-electron chi connectivity index (χ0n) is 10.3. The van der Waals surface area contributed by atoms with Crippen LogP contribution in [0.5, 0.6) is 0 Å². The zero-order chi connectivity index (χ0) is 12.8. The van der Waals surface area contributed by atoms with Crippen LogP contribution in [-0.4, -0.2) is 4.98 Å². The highest BCUT2D eigenvalue weighted by molar-refractivity contribution is 5.37. The molecule has 0 saturated heterocycles.